The standard InChI is InChI=1S/C20H15N3O3/c1-13-5-4-8-18-21-15(11-19(24)23(13)18)12-26-20(25)17-10-9-14-6-2-3-7-16(14)22-17/h2-11H,12H2,1H3. The van der Waals surface area contributed by atoms with Gasteiger partial charge in [-0.05, 0) is 31.2 Å². The van der Waals surface area contributed by atoms with E-state index >= 15 is 0 Å². The summed E-state index contributed by atoms with van der Waals surface area (Å²) in [6, 6.07) is 17.7. The Morgan fingerprint density at radius 3 is 2.77 bits per heavy atom. The third-order valence-corrected chi connectivity index (χ3v) is 4.09. The zero-order valence-corrected chi connectivity index (χ0v) is 14.0. The third-order valence-electron chi connectivity index (χ3n) is 4.09. The van der Waals surface area contributed by atoms with E-state index in [1.807, 2.05) is 49.4 Å². The van der Waals surface area contributed by atoms with Crippen molar-refractivity contribution >= 4 is 22.5 Å². The first-order valence-corrected chi connectivity index (χ1v) is 8.13. The molecular formula is C20H15N3O3. The molecular weight excluding hydrogens is 330 g/mol. The van der Waals surface area contributed by atoms with Crippen LogP contribution in [0.15, 0.2) is 65.5 Å². The van der Waals surface area contributed by atoms with Gasteiger partial charge in [0.15, 0.2) is 0 Å². The summed E-state index contributed by atoms with van der Waals surface area (Å²) >= 11 is 0. The predicted octanol–water partition coefficient (Wildman–Crippen LogP) is 2.91. The molecule has 6 heteroatoms. The average molecular weight is 345 g/mol. The summed E-state index contributed by atoms with van der Waals surface area (Å²) in [5.74, 6) is -0.554. The molecule has 0 aliphatic heterocycles. The van der Waals surface area contributed by atoms with E-state index in [9.17, 15) is 9.59 Å². The predicted molar refractivity (Wildman–Crippen MR) is 97.1 cm³/mol. The normalized spacial score (nSPS) is 11.0. The van der Waals surface area contributed by atoms with Gasteiger partial charge in [0.1, 0.15) is 17.9 Å². The zero-order chi connectivity index (χ0) is 18.1. The molecule has 0 atom stereocenters. The number of nitrogens with zero attached hydrogens (tertiary/aromatic N) is 3. The number of carbonyl (C=O) groups excluding carboxylic acids is 1. The molecule has 26 heavy (non-hydrogen) atoms. The maximum atomic E-state index is 12.3. The fourth-order valence-electron chi connectivity index (χ4n) is 2.83. The zero-order valence-electron chi connectivity index (χ0n) is 14.0. The first-order chi connectivity index (χ1) is 12.6. The van der Waals surface area contributed by atoms with Crippen LogP contribution in [-0.4, -0.2) is 20.3 Å². The highest BCUT2D eigenvalue weighted by atomic mass is 16.5. The summed E-state index contributed by atoms with van der Waals surface area (Å²) < 4.78 is 6.80. The number of pyridine rings is 2. The molecule has 0 amide bonds. The summed E-state index contributed by atoms with van der Waals surface area (Å²) in [5, 5.41) is 0.948. The van der Waals surface area contributed by atoms with Crippen LogP contribution < -0.4 is 5.56 Å². The van der Waals surface area contributed by atoms with E-state index in [1.165, 1.54) is 10.5 Å². The molecule has 0 radical (unpaired) electrons. The van der Waals surface area contributed by atoms with Crippen molar-refractivity contribution in [3.8, 4) is 0 Å². The Bertz CT molecular complexity index is 1200. The molecule has 0 unspecified atom stereocenters. The van der Waals surface area contributed by atoms with Crippen molar-refractivity contribution in [2.45, 2.75) is 13.5 Å². The second kappa shape index (κ2) is 6.40. The highest BCUT2D eigenvalue weighted by Gasteiger charge is 2.11. The lowest BCUT2D eigenvalue weighted by atomic mass is 10.2. The van der Waals surface area contributed by atoms with Gasteiger partial charge >= 0.3 is 5.97 Å². The van der Waals surface area contributed by atoms with Crippen LogP contribution in [0.3, 0.4) is 0 Å². The quantitative estimate of drug-likeness (QED) is 0.534. The Morgan fingerprint density at radius 2 is 1.88 bits per heavy atom. The third kappa shape index (κ3) is 2.93. The van der Waals surface area contributed by atoms with Gasteiger partial charge in [-0.1, -0.05) is 30.3 Å². The number of para-hydroxylation sites is 1. The van der Waals surface area contributed by atoms with Gasteiger partial charge in [-0.3, -0.25) is 9.20 Å². The molecule has 0 bridgehead atoms. The minimum absolute atomic E-state index is 0.0903. The molecule has 4 rings (SSSR count). The van der Waals surface area contributed by atoms with E-state index in [1.54, 1.807) is 12.1 Å². The molecule has 1 aromatic carbocycles. The number of benzene rings is 1. The number of fused-ring (bicyclic) bond motifs is 2. The van der Waals surface area contributed by atoms with E-state index in [2.05, 4.69) is 9.97 Å². The van der Waals surface area contributed by atoms with Crippen LogP contribution in [0.2, 0.25) is 0 Å². The Hall–Kier alpha value is -3.54. The molecule has 4 aromatic rings. The van der Waals surface area contributed by atoms with Crippen LogP contribution in [0.25, 0.3) is 16.6 Å². The fourth-order valence-corrected chi connectivity index (χ4v) is 2.83. The first-order valence-electron chi connectivity index (χ1n) is 8.13. The van der Waals surface area contributed by atoms with Gasteiger partial charge in [0.2, 0.25) is 0 Å². The molecule has 6 nitrogen and oxygen atoms in total. The van der Waals surface area contributed by atoms with Crippen LogP contribution in [0.5, 0.6) is 0 Å². The molecule has 0 saturated carbocycles. The summed E-state index contributed by atoms with van der Waals surface area (Å²) in [4.78, 5) is 33.2. The van der Waals surface area contributed by atoms with Crippen molar-refractivity contribution in [3.05, 3.63) is 88.1 Å². The van der Waals surface area contributed by atoms with E-state index in [-0.39, 0.29) is 17.9 Å². The summed E-state index contributed by atoms with van der Waals surface area (Å²) in [5.41, 5.74) is 2.45. The fraction of sp³-hybridized carbons (Fsp3) is 0.100. The highest BCUT2D eigenvalue weighted by Crippen LogP contribution is 2.13. The topological polar surface area (TPSA) is 73.6 Å². The van der Waals surface area contributed by atoms with Crippen molar-refractivity contribution in [3.63, 3.8) is 0 Å². The Morgan fingerprint density at radius 1 is 1.04 bits per heavy atom. The lowest BCUT2D eigenvalue weighted by Gasteiger charge is -2.07. The summed E-state index contributed by atoms with van der Waals surface area (Å²) in [6.45, 7) is 1.74. The average Bonchev–Trinajstić information content (AvgIpc) is 2.65. The number of hydrogen-bond acceptors (Lipinski definition) is 5. The number of rotatable bonds is 3. The Labute approximate surface area is 148 Å². The van der Waals surface area contributed by atoms with Crippen molar-refractivity contribution in [1.82, 2.24) is 14.4 Å². The van der Waals surface area contributed by atoms with Crippen LogP contribution in [0.1, 0.15) is 21.9 Å². The number of aromatic nitrogens is 3. The maximum absolute atomic E-state index is 12.3. The molecule has 0 fully saturated rings. The van der Waals surface area contributed by atoms with Gasteiger partial charge in [-0.2, -0.15) is 0 Å². The summed E-state index contributed by atoms with van der Waals surface area (Å²) in [7, 11) is 0. The van der Waals surface area contributed by atoms with Crippen LogP contribution in [0, 0.1) is 6.92 Å². The van der Waals surface area contributed by atoms with E-state index in [4.69, 9.17) is 4.74 Å². The van der Waals surface area contributed by atoms with Gasteiger partial charge in [-0.25, -0.2) is 14.8 Å². The minimum Gasteiger partial charge on any atom is -0.454 e. The number of ether oxygens (including phenoxy) is 1. The molecule has 0 N–H and O–H groups in total. The van der Waals surface area contributed by atoms with Crippen molar-refractivity contribution in [1.29, 1.82) is 0 Å². The van der Waals surface area contributed by atoms with Gasteiger partial charge < -0.3 is 4.74 Å². The van der Waals surface area contributed by atoms with E-state index < -0.39 is 5.97 Å². The monoisotopic (exact) mass is 345 g/mol. The van der Waals surface area contributed by atoms with Gasteiger partial charge in [0.25, 0.3) is 5.56 Å². The van der Waals surface area contributed by atoms with Crippen molar-refractivity contribution in [2.24, 2.45) is 0 Å². The molecule has 0 saturated heterocycles. The van der Waals surface area contributed by atoms with Gasteiger partial charge in [0, 0.05) is 17.1 Å². The van der Waals surface area contributed by atoms with Crippen LogP contribution in [-0.2, 0) is 11.3 Å². The second-order valence-corrected chi connectivity index (χ2v) is 5.91. The van der Waals surface area contributed by atoms with E-state index in [0.717, 1.165) is 16.6 Å². The van der Waals surface area contributed by atoms with Crippen molar-refractivity contribution in [2.75, 3.05) is 0 Å². The number of carbonyl (C=O) groups is 1. The maximum Gasteiger partial charge on any atom is 0.357 e. The highest BCUT2D eigenvalue weighted by molar-refractivity contribution is 5.90. The summed E-state index contributed by atoms with van der Waals surface area (Å²) in [6.07, 6.45) is 0. The smallest absolute Gasteiger partial charge is 0.357 e. The Kier molecular flexibility index (Phi) is 3.93. The molecule has 0 aliphatic carbocycles. The van der Waals surface area contributed by atoms with Crippen LogP contribution >= 0.6 is 0 Å². The number of esters is 1. The molecule has 3 aromatic heterocycles. The second-order valence-electron chi connectivity index (χ2n) is 5.91. The first kappa shape index (κ1) is 16.0. The van der Waals surface area contributed by atoms with Gasteiger partial charge in [-0.15, -0.1) is 0 Å². The van der Waals surface area contributed by atoms with Crippen LogP contribution in [0.4, 0.5) is 0 Å². The number of aryl methyl sites for hydroxylation is 1. The van der Waals surface area contributed by atoms with Gasteiger partial charge in [0.05, 0.1) is 11.2 Å². The largest absolute Gasteiger partial charge is 0.454 e. The minimum atomic E-state index is -0.554. The SMILES string of the molecule is Cc1cccc2nc(COC(=O)c3ccc4ccccc4n3)cc(=O)n12. The molecule has 3 heterocycles. The number of hydrogen-bond donors (Lipinski definition) is 0. The van der Waals surface area contributed by atoms with E-state index in [0.29, 0.717) is 11.3 Å². The lowest BCUT2D eigenvalue weighted by molar-refractivity contribution is 0.0461. The molecule has 0 spiro atoms. The molecule has 128 valence electrons. The Balaban J connectivity index is 1.57. The van der Waals surface area contributed by atoms with Crippen molar-refractivity contribution < 1.29 is 9.53 Å². The lowest BCUT2D eigenvalue weighted by Crippen LogP contribution is -2.18. The molecule has 0 aliphatic rings.